The van der Waals surface area contributed by atoms with Crippen molar-refractivity contribution in [2.24, 2.45) is 0 Å². The smallest absolute Gasteiger partial charge is 0.183 e. The summed E-state index contributed by atoms with van der Waals surface area (Å²) in [5, 5.41) is 4.54. The molecule has 1 aliphatic rings. The van der Waals surface area contributed by atoms with Gasteiger partial charge in [0.05, 0.1) is 5.69 Å². The maximum atomic E-state index is 4.75. The first kappa shape index (κ1) is 10.9. The highest BCUT2D eigenvalue weighted by Gasteiger charge is 2.23. The minimum Gasteiger partial charge on any atom is -0.362 e. The molecule has 1 atom stereocenters. The normalized spacial score (nSPS) is 20.0. The summed E-state index contributed by atoms with van der Waals surface area (Å²) in [6.45, 7) is 5.51. The minimum atomic E-state index is 0.724. The van der Waals surface area contributed by atoms with Crippen LogP contribution < -0.4 is 5.32 Å². The minimum absolute atomic E-state index is 0.724. The Morgan fingerprint density at radius 3 is 3.07 bits per heavy atom. The number of rotatable bonds is 4. The highest BCUT2D eigenvalue weighted by atomic mass is 32.1. The number of thiazole rings is 1. The van der Waals surface area contributed by atoms with Gasteiger partial charge in [0.25, 0.3) is 0 Å². The molecule has 1 heterocycles. The molecule has 0 aromatic carbocycles. The van der Waals surface area contributed by atoms with Gasteiger partial charge in [-0.25, -0.2) is 4.98 Å². The van der Waals surface area contributed by atoms with Crippen LogP contribution in [0, 0.1) is 0 Å². The van der Waals surface area contributed by atoms with Crippen LogP contribution >= 0.6 is 11.3 Å². The molecule has 2 rings (SSSR count). The van der Waals surface area contributed by atoms with Gasteiger partial charge >= 0.3 is 0 Å². The fourth-order valence-corrected chi connectivity index (χ4v) is 3.33. The van der Waals surface area contributed by atoms with Gasteiger partial charge in [-0.05, 0) is 32.1 Å². The van der Waals surface area contributed by atoms with Crippen LogP contribution in [-0.2, 0) is 6.42 Å². The van der Waals surface area contributed by atoms with Crippen LogP contribution in [0.1, 0.15) is 56.0 Å². The third kappa shape index (κ3) is 2.33. The molecule has 1 aliphatic carbocycles. The SMILES string of the molecule is CCCNc1nc2c(s1)CCCC2CC. The van der Waals surface area contributed by atoms with E-state index < -0.39 is 0 Å². The van der Waals surface area contributed by atoms with Crippen molar-refractivity contribution in [2.45, 2.75) is 51.9 Å². The van der Waals surface area contributed by atoms with Crippen LogP contribution in [0.2, 0.25) is 0 Å². The van der Waals surface area contributed by atoms with Gasteiger partial charge in [0, 0.05) is 17.3 Å². The maximum absolute atomic E-state index is 4.75. The second-order valence-electron chi connectivity index (χ2n) is 4.25. The van der Waals surface area contributed by atoms with Gasteiger partial charge in [0.15, 0.2) is 5.13 Å². The van der Waals surface area contributed by atoms with E-state index in [1.165, 1.54) is 42.7 Å². The molecule has 0 bridgehead atoms. The molecular weight excluding hydrogens is 204 g/mol. The third-order valence-electron chi connectivity index (χ3n) is 3.09. The van der Waals surface area contributed by atoms with E-state index in [-0.39, 0.29) is 0 Å². The Hall–Kier alpha value is -0.570. The summed E-state index contributed by atoms with van der Waals surface area (Å²) in [5.41, 5.74) is 1.40. The molecule has 0 amide bonds. The zero-order valence-electron chi connectivity index (χ0n) is 9.68. The standard InChI is InChI=1S/C12H20N2S/c1-3-8-13-12-14-11-9(4-2)6-5-7-10(11)15-12/h9H,3-8H2,1-2H3,(H,13,14). The molecule has 0 fully saturated rings. The largest absolute Gasteiger partial charge is 0.362 e. The first-order chi connectivity index (χ1) is 7.35. The molecule has 0 radical (unpaired) electrons. The van der Waals surface area contributed by atoms with E-state index in [0.717, 1.165) is 17.6 Å². The molecule has 15 heavy (non-hydrogen) atoms. The number of hydrogen-bond acceptors (Lipinski definition) is 3. The van der Waals surface area contributed by atoms with Crippen LogP contribution in [0.15, 0.2) is 0 Å². The van der Waals surface area contributed by atoms with E-state index in [9.17, 15) is 0 Å². The van der Waals surface area contributed by atoms with Crippen molar-refractivity contribution in [3.63, 3.8) is 0 Å². The second kappa shape index (κ2) is 4.97. The number of nitrogens with one attached hydrogen (secondary N) is 1. The van der Waals surface area contributed by atoms with Gasteiger partial charge in [0.1, 0.15) is 0 Å². The van der Waals surface area contributed by atoms with Crippen molar-refractivity contribution in [2.75, 3.05) is 11.9 Å². The maximum Gasteiger partial charge on any atom is 0.183 e. The lowest BCUT2D eigenvalue weighted by atomic mass is 9.89. The van der Waals surface area contributed by atoms with E-state index in [1.807, 2.05) is 11.3 Å². The first-order valence-corrected chi connectivity index (χ1v) is 6.90. The van der Waals surface area contributed by atoms with E-state index in [1.54, 1.807) is 0 Å². The van der Waals surface area contributed by atoms with Gasteiger partial charge in [-0.2, -0.15) is 0 Å². The molecule has 0 aliphatic heterocycles. The number of fused-ring (bicyclic) bond motifs is 1. The Bertz CT molecular complexity index is 319. The highest BCUT2D eigenvalue weighted by molar-refractivity contribution is 7.15. The van der Waals surface area contributed by atoms with Crippen molar-refractivity contribution in [1.29, 1.82) is 0 Å². The predicted molar refractivity (Wildman–Crippen MR) is 66.9 cm³/mol. The molecule has 0 saturated carbocycles. The summed E-state index contributed by atoms with van der Waals surface area (Å²) in [4.78, 5) is 6.28. The Kier molecular flexibility index (Phi) is 3.62. The predicted octanol–water partition coefficient (Wildman–Crippen LogP) is 3.79. The van der Waals surface area contributed by atoms with E-state index >= 15 is 0 Å². The Labute approximate surface area is 96.1 Å². The Morgan fingerprint density at radius 1 is 1.47 bits per heavy atom. The topological polar surface area (TPSA) is 24.9 Å². The van der Waals surface area contributed by atoms with Crippen LogP contribution in [0.3, 0.4) is 0 Å². The quantitative estimate of drug-likeness (QED) is 0.841. The number of nitrogens with zero attached hydrogens (tertiary/aromatic N) is 1. The van der Waals surface area contributed by atoms with Gasteiger partial charge in [-0.15, -0.1) is 11.3 Å². The van der Waals surface area contributed by atoms with Crippen LogP contribution in [-0.4, -0.2) is 11.5 Å². The summed E-state index contributed by atoms with van der Waals surface area (Å²) in [6.07, 6.45) is 6.34. The molecular formula is C12H20N2S. The summed E-state index contributed by atoms with van der Waals surface area (Å²) < 4.78 is 0. The summed E-state index contributed by atoms with van der Waals surface area (Å²) in [7, 11) is 0. The monoisotopic (exact) mass is 224 g/mol. The van der Waals surface area contributed by atoms with Crippen LogP contribution in [0.5, 0.6) is 0 Å². The lowest BCUT2D eigenvalue weighted by molar-refractivity contribution is 0.533. The van der Waals surface area contributed by atoms with Crippen molar-refractivity contribution in [1.82, 2.24) is 4.98 Å². The van der Waals surface area contributed by atoms with Crippen molar-refractivity contribution in [3.8, 4) is 0 Å². The molecule has 84 valence electrons. The zero-order valence-corrected chi connectivity index (χ0v) is 10.5. The summed E-state index contributed by atoms with van der Waals surface area (Å²) in [6, 6.07) is 0. The van der Waals surface area contributed by atoms with Crippen LogP contribution in [0.4, 0.5) is 5.13 Å². The van der Waals surface area contributed by atoms with E-state index in [0.29, 0.717) is 0 Å². The lowest BCUT2D eigenvalue weighted by Crippen LogP contribution is -2.07. The average Bonchev–Trinajstić information content (AvgIpc) is 2.68. The molecule has 3 heteroatoms. The van der Waals surface area contributed by atoms with Gasteiger partial charge in [-0.3, -0.25) is 0 Å². The molecule has 0 spiro atoms. The van der Waals surface area contributed by atoms with E-state index in [4.69, 9.17) is 4.98 Å². The molecule has 1 aromatic heterocycles. The van der Waals surface area contributed by atoms with Gasteiger partial charge in [-0.1, -0.05) is 13.8 Å². The number of anilines is 1. The fourth-order valence-electron chi connectivity index (χ4n) is 2.21. The highest BCUT2D eigenvalue weighted by Crippen LogP contribution is 2.37. The fraction of sp³-hybridized carbons (Fsp3) is 0.750. The summed E-state index contributed by atoms with van der Waals surface area (Å²) >= 11 is 1.87. The summed E-state index contributed by atoms with van der Waals surface area (Å²) in [5.74, 6) is 0.724. The zero-order chi connectivity index (χ0) is 10.7. The third-order valence-corrected chi connectivity index (χ3v) is 4.18. The second-order valence-corrected chi connectivity index (χ2v) is 5.34. The Morgan fingerprint density at radius 2 is 2.33 bits per heavy atom. The number of hydrogen-bond donors (Lipinski definition) is 1. The van der Waals surface area contributed by atoms with Gasteiger partial charge in [0.2, 0.25) is 0 Å². The Balaban J connectivity index is 2.14. The molecule has 1 N–H and O–H groups in total. The first-order valence-electron chi connectivity index (χ1n) is 6.08. The molecule has 1 aromatic rings. The lowest BCUT2D eigenvalue weighted by Gasteiger charge is -2.18. The number of aromatic nitrogens is 1. The van der Waals surface area contributed by atoms with Crippen molar-refractivity contribution in [3.05, 3.63) is 10.6 Å². The number of aryl methyl sites for hydroxylation is 1. The van der Waals surface area contributed by atoms with Crippen molar-refractivity contribution >= 4 is 16.5 Å². The molecule has 0 saturated heterocycles. The van der Waals surface area contributed by atoms with E-state index in [2.05, 4.69) is 19.2 Å². The average molecular weight is 224 g/mol. The molecule has 2 nitrogen and oxygen atoms in total. The van der Waals surface area contributed by atoms with Gasteiger partial charge < -0.3 is 5.32 Å². The van der Waals surface area contributed by atoms with Crippen molar-refractivity contribution < 1.29 is 0 Å². The van der Waals surface area contributed by atoms with Crippen LogP contribution in [0.25, 0.3) is 0 Å². The molecule has 1 unspecified atom stereocenters.